The van der Waals surface area contributed by atoms with Gasteiger partial charge in [0.15, 0.2) is 0 Å². The van der Waals surface area contributed by atoms with Crippen LogP contribution in [0, 0.1) is 11.7 Å². The maximum atomic E-state index is 15.0. The van der Waals surface area contributed by atoms with E-state index in [-0.39, 0.29) is 18.4 Å². The molecule has 0 aliphatic rings. The van der Waals surface area contributed by atoms with Crippen molar-refractivity contribution in [3.8, 4) is 5.75 Å². The summed E-state index contributed by atoms with van der Waals surface area (Å²) < 4.78 is 32.7. The fraction of sp³-hybridized carbons (Fsp3) is 0.440. The largest absolute Gasteiger partial charge is 0.492 e. The third-order valence-corrected chi connectivity index (χ3v) is 5.37. The molecule has 1 aromatic heterocycles. The number of nitrogens with one attached hydrogen (secondary N) is 2. The van der Waals surface area contributed by atoms with E-state index in [2.05, 4.69) is 36.3 Å². The van der Waals surface area contributed by atoms with Crippen molar-refractivity contribution in [1.29, 1.82) is 0 Å². The molecule has 1 atom stereocenters. The normalized spacial score (nSPS) is 12.6. The Morgan fingerprint density at radius 3 is 2.60 bits per heavy atom. The first-order valence-corrected chi connectivity index (χ1v) is 10.8. The van der Waals surface area contributed by atoms with E-state index in [1.54, 1.807) is 0 Å². The zero-order chi connectivity index (χ0) is 21.5. The molecule has 30 heavy (non-hydrogen) atoms. The fourth-order valence-electron chi connectivity index (χ4n) is 3.88. The van der Waals surface area contributed by atoms with Crippen LogP contribution in [0.3, 0.4) is 0 Å². The lowest BCUT2D eigenvalue weighted by Crippen LogP contribution is -2.22. The lowest BCUT2D eigenvalue weighted by molar-refractivity contribution is 0.310. The highest BCUT2D eigenvalue weighted by Crippen LogP contribution is 2.35. The molecule has 0 bridgehead atoms. The van der Waals surface area contributed by atoms with Gasteiger partial charge in [-0.25, -0.2) is 4.39 Å². The molecule has 0 aliphatic heterocycles. The molecular weight excluding hydrogens is 382 g/mol. The van der Waals surface area contributed by atoms with Gasteiger partial charge in [-0.05, 0) is 48.6 Å². The van der Waals surface area contributed by atoms with Crippen LogP contribution >= 0.6 is 0 Å². The van der Waals surface area contributed by atoms with E-state index in [0.29, 0.717) is 43.3 Å². The van der Waals surface area contributed by atoms with Crippen LogP contribution in [-0.4, -0.2) is 31.4 Å². The molecule has 5 heteroatoms. The summed E-state index contributed by atoms with van der Waals surface area (Å²) in [6, 6.07) is 13.4. The van der Waals surface area contributed by atoms with Crippen molar-refractivity contribution < 1.29 is 13.5 Å². The van der Waals surface area contributed by atoms with E-state index in [9.17, 15) is 8.78 Å². The summed E-state index contributed by atoms with van der Waals surface area (Å²) in [4.78, 5) is 3.54. The van der Waals surface area contributed by atoms with Gasteiger partial charge in [0.2, 0.25) is 0 Å². The van der Waals surface area contributed by atoms with Crippen LogP contribution < -0.4 is 10.1 Å². The summed E-state index contributed by atoms with van der Waals surface area (Å²) in [7, 11) is 0. The maximum Gasteiger partial charge on any atom is 0.130 e. The molecule has 2 N–H and O–H groups in total. The number of para-hydroxylation sites is 1. The molecule has 1 unspecified atom stereocenters. The molecule has 0 fully saturated rings. The van der Waals surface area contributed by atoms with Crippen molar-refractivity contribution >= 4 is 10.9 Å². The van der Waals surface area contributed by atoms with E-state index >= 15 is 0 Å². The lowest BCUT2D eigenvalue weighted by Gasteiger charge is -2.16. The van der Waals surface area contributed by atoms with Crippen LogP contribution in [-0.2, 0) is 6.42 Å². The topological polar surface area (TPSA) is 37.0 Å². The number of H-pyrrole nitrogens is 1. The lowest BCUT2D eigenvalue weighted by atomic mass is 9.90. The molecule has 1 heterocycles. The number of ether oxygens (including phenoxy) is 1. The van der Waals surface area contributed by atoms with Gasteiger partial charge in [-0.1, -0.05) is 45.0 Å². The predicted octanol–water partition coefficient (Wildman–Crippen LogP) is 5.99. The SMILES string of the molecule is CC(C)Cc1c(C(C)c2ccc(OCCNCCCF)cc2F)[nH]c2ccccc12. The summed E-state index contributed by atoms with van der Waals surface area (Å²) in [5, 5.41) is 4.31. The third kappa shape index (κ3) is 5.39. The Hall–Kier alpha value is -2.40. The Balaban J connectivity index is 1.76. The van der Waals surface area contributed by atoms with Gasteiger partial charge in [0.25, 0.3) is 0 Å². The molecule has 0 radical (unpaired) electrons. The van der Waals surface area contributed by atoms with Gasteiger partial charge in [-0.2, -0.15) is 0 Å². The van der Waals surface area contributed by atoms with Crippen molar-refractivity contribution in [3.63, 3.8) is 0 Å². The number of rotatable bonds is 11. The van der Waals surface area contributed by atoms with Crippen molar-refractivity contribution in [2.24, 2.45) is 5.92 Å². The second kappa shape index (κ2) is 10.6. The number of aromatic amines is 1. The van der Waals surface area contributed by atoms with Crippen molar-refractivity contribution in [2.45, 2.75) is 39.5 Å². The minimum absolute atomic E-state index is 0.0948. The average Bonchev–Trinajstić information content (AvgIpc) is 3.08. The molecule has 0 spiro atoms. The summed E-state index contributed by atoms with van der Waals surface area (Å²) in [5.41, 5.74) is 4.09. The second-order valence-corrected chi connectivity index (χ2v) is 8.21. The molecule has 3 rings (SSSR count). The number of alkyl halides is 1. The van der Waals surface area contributed by atoms with E-state index in [0.717, 1.165) is 17.6 Å². The number of hydrogen-bond donors (Lipinski definition) is 2. The summed E-state index contributed by atoms with van der Waals surface area (Å²) in [6.07, 6.45) is 1.44. The Morgan fingerprint density at radius 2 is 1.87 bits per heavy atom. The number of hydrogen-bond acceptors (Lipinski definition) is 2. The summed E-state index contributed by atoms with van der Waals surface area (Å²) in [6.45, 7) is 7.77. The molecule has 162 valence electrons. The van der Waals surface area contributed by atoms with E-state index in [1.807, 2.05) is 31.2 Å². The first-order valence-electron chi connectivity index (χ1n) is 10.8. The molecule has 2 aromatic carbocycles. The summed E-state index contributed by atoms with van der Waals surface area (Å²) in [5.74, 6) is 0.659. The van der Waals surface area contributed by atoms with Gasteiger partial charge >= 0.3 is 0 Å². The Morgan fingerprint density at radius 1 is 1.07 bits per heavy atom. The van der Waals surface area contributed by atoms with Crippen LogP contribution in [0.5, 0.6) is 5.75 Å². The number of benzene rings is 2. The molecule has 0 aliphatic carbocycles. The molecule has 0 saturated heterocycles. The van der Waals surface area contributed by atoms with Crippen LogP contribution in [0.1, 0.15) is 49.9 Å². The van der Waals surface area contributed by atoms with Gasteiger partial charge in [-0.3, -0.25) is 4.39 Å². The minimum atomic E-state index is -0.325. The van der Waals surface area contributed by atoms with Crippen molar-refractivity contribution in [2.75, 3.05) is 26.4 Å². The van der Waals surface area contributed by atoms with Crippen molar-refractivity contribution in [3.05, 3.63) is 65.1 Å². The standard InChI is InChI=1S/C25H32F2N2O/c1-17(2)15-22-21-7-4-5-8-24(21)29-25(22)18(3)20-10-9-19(16-23(20)27)30-14-13-28-12-6-11-26/h4-5,7-10,16-18,28-29H,6,11-15H2,1-3H3. The van der Waals surface area contributed by atoms with Crippen LogP contribution in [0.4, 0.5) is 8.78 Å². The van der Waals surface area contributed by atoms with E-state index in [4.69, 9.17) is 4.74 Å². The Kier molecular flexibility index (Phi) is 7.86. The molecule has 0 saturated carbocycles. The predicted molar refractivity (Wildman–Crippen MR) is 120 cm³/mol. The van der Waals surface area contributed by atoms with E-state index in [1.165, 1.54) is 17.0 Å². The van der Waals surface area contributed by atoms with Gasteiger partial charge in [0, 0.05) is 35.1 Å². The molecular formula is C25H32F2N2O. The fourth-order valence-corrected chi connectivity index (χ4v) is 3.88. The van der Waals surface area contributed by atoms with Crippen LogP contribution in [0.15, 0.2) is 42.5 Å². The van der Waals surface area contributed by atoms with Gasteiger partial charge in [0.1, 0.15) is 18.2 Å². The maximum absolute atomic E-state index is 15.0. The monoisotopic (exact) mass is 414 g/mol. The number of fused-ring (bicyclic) bond motifs is 1. The zero-order valence-corrected chi connectivity index (χ0v) is 18.1. The smallest absolute Gasteiger partial charge is 0.130 e. The Labute approximate surface area is 177 Å². The first-order chi connectivity index (χ1) is 14.5. The average molecular weight is 415 g/mol. The number of halogens is 2. The van der Waals surface area contributed by atoms with Gasteiger partial charge in [-0.15, -0.1) is 0 Å². The van der Waals surface area contributed by atoms with Crippen LogP contribution in [0.2, 0.25) is 0 Å². The van der Waals surface area contributed by atoms with Crippen molar-refractivity contribution in [1.82, 2.24) is 10.3 Å². The molecule has 3 nitrogen and oxygen atoms in total. The second-order valence-electron chi connectivity index (χ2n) is 8.21. The van der Waals surface area contributed by atoms with Gasteiger partial charge < -0.3 is 15.0 Å². The zero-order valence-electron chi connectivity index (χ0n) is 18.1. The molecule has 0 amide bonds. The molecule has 3 aromatic rings. The first kappa shape index (κ1) is 22.3. The van der Waals surface area contributed by atoms with Gasteiger partial charge in [0.05, 0.1) is 6.67 Å². The highest BCUT2D eigenvalue weighted by molar-refractivity contribution is 5.85. The summed E-state index contributed by atoms with van der Waals surface area (Å²) >= 11 is 0. The highest BCUT2D eigenvalue weighted by Gasteiger charge is 2.21. The van der Waals surface area contributed by atoms with E-state index < -0.39 is 0 Å². The number of aromatic nitrogens is 1. The minimum Gasteiger partial charge on any atom is -0.492 e. The highest BCUT2D eigenvalue weighted by atomic mass is 19.1. The quantitative estimate of drug-likeness (QED) is 0.378. The Bertz CT molecular complexity index is 951. The van der Waals surface area contributed by atoms with Crippen LogP contribution in [0.25, 0.3) is 10.9 Å². The third-order valence-electron chi connectivity index (χ3n) is 5.37.